The lowest BCUT2D eigenvalue weighted by atomic mass is 10.2. The van der Waals surface area contributed by atoms with Crippen LogP contribution in [0.1, 0.15) is 28.0 Å². The van der Waals surface area contributed by atoms with Crippen LogP contribution < -0.4 is 5.56 Å². The number of rotatable bonds is 4. The molecule has 2 rings (SSSR count). The summed E-state index contributed by atoms with van der Waals surface area (Å²) in [4.78, 5) is 29.4. The first-order valence-electron chi connectivity index (χ1n) is 6.24. The van der Waals surface area contributed by atoms with Crippen LogP contribution in [0.3, 0.4) is 0 Å². The topological polar surface area (TPSA) is 61.2 Å². The van der Waals surface area contributed by atoms with E-state index in [1.54, 1.807) is 20.8 Å². The molecular formula is C13H15FN2O3S. The van der Waals surface area contributed by atoms with Crippen LogP contribution in [0, 0.1) is 13.8 Å². The summed E-state index contributed by atoms with van der Waals surface area (Å²) in [7, 11) is 0. The predicted octanol–water partition coefficient (Wildman–Crippen LogP) is 2.22. The minimum absolute atomic E-state index is 0.0301. The molecule has 0 aromatic carbocycles. The van der Waals surface area contributed by atoms with Crippen LogP contribution in [0.5, 0.6) is 0 Å². The third-order valence-electron chi connectivity index (χ3n) is 3.01. The molecule has 0 bridgehead atoms. The average Bonchev–Trinajstić information content (AvgIpc) is 2.72. The largest absolute Gasteiger partial charge is 0.462 e. The van der Waals surface area contributed by atoms with Crippen LogP contribution in [0.2, 0.25) is 0 Å². The SMILES string of the molecule is CCOC(=O)c1sc2nc(C)n(CCF)c(=O)c2c1C. The van der Waals surface area contributed by atoms with Crippen molar-refractivity contribution in [3.63, 3.8) is 0 Å². The number of carbonyl (C=O) groups is 1. The number of esters is 1. The summed E-state index contributed by atoms with van der Waals surface area (Å²) in [6, 6.07) is 0. The fourth-order valence-corrected chi connectivity index (χ4v) is 3.17. The summed E-state index contributed by atoms with van der Waals surface area (Å²) in [5.74, 6) is -0.0149. The maximum Gasteiger partial charge on any atom is 0.348 e. The maximum absolute atomic E-state index is 12.5. The van der Waals surface area contributed by atoms with E-state index in [9.17, 15) is 14.0 Å². The predicted molar refractivity (Wildman–Crippen MR) is 75.3 cm³/mol. The molecule has 108 valence electrons. The van der Waals surface area contributed by atoms with E-state index in [0.717, 1.165) is 11.3 Å². The number of thiophene rings is 1. The molecule has 0 fully saturated rings. The lowest BCUT2D eigenvalue weighted by Gasteiger charge is -2.06. The Kier molecular flexibility index (Phi) is 4.17. The van der Waals surface area contributed by atoms with Gasteiger partial charge in [-0.2, -0.15) is 0 Å². The number of halogens is 1. The van der Waals surface area contributed by atoms with Crippen molar-refractivity contribution in [1.29, 1.82) is 0 Å². The van der Waals surface area contributed by atoms with E-state index < -0.39 is 12.6 Å². The van der Waals surface area contributed by atoms with Gasteiger partial charge >= 0.3 is 5.97 Å². The summed E-state index contributed by atoms with van der Waals surface area (Å²) in [5, 5.41) is 0.372. The highest BCUT2D eigenvalue weighted by Gasteiger charge is 2.21. The standard InChI is InChI=1S/C13H15FN2O3S/c1-4-19-13(18)10-7(2)9-11(20-10)15-8(3)16(6-5-14)12(9)17/h4-6H2,1-3H3. The van der Waals surface area contributed by atoms with Crippen LogP contribution in [-0.4, -0.2) is 28.8 Å². The molecule has 0 saturated carbocycles. The summed E-state index contributed by atoms with van der Waals surface area (Å²) in [6.45, 7) is 4.65. The van der Waals surface area contributed by atoms with Crippen LogP contribution in [0.4, 0.5) is 4.39 Å². The Labute approximate surface area is 119 Å². The van der Waals surface area contributed by atoms with Gasteiger partial charge in [-0.25, -0.2) is 14.2 Å². The number of aryl methyl sites for hydroxylation is 2. The Balaban J connectivity index is 2.69. The summed E-state index contributed by atoms with van der Waals surface area (Å²) >= 11 is 1.13. The Morgan fingerprint density at radius 3 is 2.75 bits per heavy atom. The molecule has 0 unspecified atom stereocenters. The van der Waals surface area contributed by atoms with Crippen LogP contribution in [-0.2, 0) is 11.3 Å². The molecule has 5 nitrogen and oxygen atoms in total. The van der Waals surface area contributed by atoms with Crippen molar-refractivity contribution < 1.29 is 13.9 Å². The average molecular weight is 298 g/mol. The molecule has 0 aliphatic carbocycles. The van der Waals surface area contributed by atoms with Gasteiger partial charge in [-0.1, -0.05) is 0 Å². The van der Waals surface area contributed by atoms with Crippen molar-refractivity contribution in [3.8, 4) is 0 Å². The van der Waals surface area contributed by atoms with E-state index in [2.05, 4.69) is 4.98 Å². The number of alkyl halides is 1. The normalized spacial score (nSPS) is 11.0. The van der Waals surface area contributed by atoms with Gasteiger partial charge in [0, 0.05) is 0 Å². The number of hydrogen-bond acceptors (Lipinski definition) is 5. The van der Waals surface area contributed by atoms with E-state index in [1.807, 2.05) is 0 Å². The highest BCUT2D eigenvalue weighted by molar-refractivity contribution is 7.20. The first-order valence-corrected chi connectivity index (χ1v) is 7.06. The Morgan fingerprint density at radius 1 is 1.45 bits per heavy atom. The van der Waals surface area contributed by atoms with Gasteiger partial charge in [-0.05, 0) is 26.3 Å². The van der Waals surface area contributed by atoms with E-state index >= 15 is 0 Å². The molecule has 0 atom stereocenters. The first-order chi connectivity index (χ1) is 9.51. The van der Waals surface area contributed by atoms with Crippen LogP contribution in [0.15, 0.2) is 4.79 Å². The monoisotopic (exact) mass is 298 g/mol. The van der Waals surface area contributed by atoms with Gasteiger partial charge in [0.2, 0.25) is 0 Å². The van der Waals surface area contributed by atoms with Crippen molar-refractivity contribution in [2.75, 3.05) is 13.3 Å². The summed E-state index contributed by atoms with van der Waals surface area (Å²) in [5.41, 5.74) is 0.239. The van der Waals surface area contributed by atoms with Crippen molar-refractivity contribution >= 4 is 27.5 Å². The molecular weight excluding hydrogens is 283 g/mol. The Morgan fingerprint density at radius 2 is 2.15 bits per heavy atom. The van der Waals surface area contributed by atoms with E-state index in [-0.39, 0.29) is 18.7 Å². The van der Waals surface area contributed by atoms with Gasteiger partial charge < -0.3 is 4.74 Å². The summed E-state index contributed by atoms with van der Waals surface area (Å²) in [6.07, 6.45) is 0. The highest BCUT2D eigenvalue weighted by Crippen LogP contribution is 2.27. The third-order valence-corrected chi connectivity index (χ3v) is 4.18. The second-order valence-electron chi connectivity index (χ2n) is 4.26. The van der Waals surface area contributed by atoms with E-state index in [1.165, 1.54) is 4.57 Å². The van der Waals surface area contributed by atoms with Crippen molar-refractivity contribution in [2.45, 2.75) is 27.3 Å². The molecule has 0 spiro atoms. The van der Waals surface area contributed by atoms with Crippen LogP contribution >= 0.6 is 11.3 Å². The fourth-order valence-electron chi connectivity index (χ4n) is 2.06. The Bertz CT molecular complexity index is 720. The zero-order valence-corrected chi connectivity index (χ0v) is 12.3. The van der Waals surface area contributed by atoms with Crippen molar-refractivity contribution in [2.24, 2.45) is 0 Å². The number of aromatic nitrogens is 2. The zero-order chi connectivity index (χ0) is 14.9. The molecule has 2 heterocycles. The first kappa shape index (κ1) is 14.6. The second-order valence-corrected chi connectivity index (χ2v) is 5.26. The minimum atomic E-state index is -0.637. The number of fused-ring (bicyclic) bond motifs is 1. The lowest BCUT2D eigenvalue weighted by Crippen LogP contribution is -2.24. The van der Waals surface area contributed by atoms with Gasteiger partial charge in [0.05, 0.1) is 18.5 Å². The molecule has 0 aliphatic rings. The smallest absolute Gasteiger partial charge is 0.348 e. The quantitative estimate of drug-likeness (QED) is 0.812. The van der Waals surface area contributed by atoms with Gasteiger partial charge in [-0.15, -0.1) is 11.3 Å². The molecule has 2 aromatic rings. The van der Waals surface area contributed by atoms with E-state index in [0.29, 0.717) is 26.5 Å². The summed E-state index contributed by atoms with van der Waals surface area (Å²) < 4.78 is 18.8. The van der Waals surface area contributed by atoms with Crippen molar-refractivity contribution in [3.05, 3.63) is 26.6 Å². The molecule has 20 heavy (non-hydrogen) atoms. The molecule has 0 aliphatic heterocycles. The number of hydrogen-bond donors (Lipinski definition) is 0. The number of carbonyl (C=O) groups excluding carboxylic acids is 1. The number of nitrogens with zero attached hydrogens (tertiary/aromatic N) is 2. The van der Waals surface area contributed by atoms with E-state index in [4.69, 9.17) is 4.74 Å². The van der Waals surface area contributed by atoms with Gasteiger partial charge in [0.1, 0.15) is 22.2 Å². The maximum atomic E-state index is 12.5. The lowest BCUT2D eigenvalue weighted by molar-refractivity contribution is 0.0531. The molecule has 0 radical (unpaired) electrons. The molecule has 2 aromatic heterocycles. The molecule has 7 heteroatoms. The van der Waals surface area contributed by atoms with Gasteiger partial charge in [-0.3, -0.25) is 9.36 Å². The zero-order valence-electron chi connectivity index (χ0n) is 11.5. The van der Waals surface area contributed by atoms with Gasteiger partial charge in [0.25, 0.3) is 5.56 Å². The van der Waals surface area contributed by atoms with Gasteiger partial charge in [0.15, 0.2) is 0 Å². The third kappa shape index (κ3) is 2.33. The van der Waals surface area contributed by atoms with Crippen LogP contribution in [0.25, 0.3) is 10.2 Å². The highest BCUT2D eigenvalue weighted by atomic mass is 32.1. The molecule has 0 amide bonds. The number of ether oxygens (including phenoxy) is 1. The Hall–Kier alpha value is -1.76. The second kappa shape index (κ2) is 5.70. The minimum Gasteiger partial charge on any atom is -0.462 e. The molecule has 0 N–H and O–H groups in total. The molecule has 0 saturated heterocycles. The van der Waals surface area contributed by atoms with Crippen molar-refractivity contribution in [1.82, 2.24) is 9.55 Å². The fraction of sp³-hybridized carbons (Fsp3) is 0.462.